The average Bonchev–Trinajstić information content (AvgIpc) is 2.91. The van der Waals surface area contributed by atoms with Gasteiger partial charge in [0, 0.05) is 17.5 Å². The summed E-state index contributed by atoms with van der Waals surface area (Å²) in [5.74, 6) is 1.36. The van der Waals surface area contributed by atoms with E-state index >= 15 is 0 Å². The van der Waals surface area contributed by atoms with Crippen LogP contribution in [-0.2, 0) is 11.2 Å². The van der Waals surface area contributed by atoms with Gasteiger partial charge in [0.15, 0.2) is 11.5 Å². The van der Waals surface area contributed by atoms with Crippen molar-refractivity contribution in [3.05, 3.63) is 48.2 Å². The quantitative estimate of drug-likeness (QED) is 0.777. The summed E-state index contributed by atoms with van der Waals surface area (Å²) >= 11 is 0. The van der Waals surface area contributed by atoms with Gasteiger partial charge in [0.05, 0.1) is 31.3 Å². The number of hydrogen-bond donors (Lipinski definition) is 2. The normalized spacial score (nSPS) is 13.5. The van der Waals surface area contributed by atoms with Gasteiger partial charge < -0.3 is 14.8 Å². The lowest BCUT2D eigenvalue weighted by Gasteiger charge is -2.10. The number of carbonyl (C=O) groups is 1. The monoisotopic (exact) mass is 323 g/mol. The Balaban J connectivity index is 1.46. The van der Waals surface area contributed by atoms with Crippen LogP contribution in [0.25, 0.3) is 10.9 Å². The van der Waals surface area contributed by atoms with E-state index in [1.54, 1.807) is 6.20 Å². The fraction of sp³-hybridized carbons (Fsp3) is 0.222. The Kier molecular flexibility index (Phi) is 3.78. The highest BCUT2D eigenvalue weighted by molar-refractivity contribution is 5.94. The number of fused-ring (bicyclic) bond motifs is 2. The molecule has 0 radical (unpaired) electrons. The van der Waals surface area contributed by atoms with Gasteiger partial charge in [-0.3, -0.25) is 9.89 Å². The zero-order valence-electron chi connectivity index (χ0n) is 13.0. The van der Waals surface area contributed by atoms with Crippen molar-refractivity contribution in [3.63, 3.8) is 0 Å². The van der Waals surface area contributed by atoms with Gasteiger partial charge in [-0.15, -0.1) is 0 Å². The van der Waals surface area contributed by atoms with Crippen LogP contribution < -0.4 is 14.8 Å². The van der Waals surface area contributed by atoms with Gasteiger partial charge in [-0.1, -0.05) is 6.07 Å². The lowest BCUT2D eigenvalue weighted by Crippen LogP contribution is -2.14. The molecule has 0 saturated carbocycles. The van der Waals surface area contributed by atoms with E-state index in [2.05, 4.69) is 15.5 Å². The predicted molar refractivity (Wildman–Crippen MR) is 90.5 cm³/mol. The Bertz CT molecular complexity index is 888. The molecule has 122 valence electrons. The number of carbonyl (C=O) groups excluding carboxylic acids is 1. The molecule has 0 bridgehead atoms. The molecule has 0 unspecified atom stereocenters. The minimum atomic E-state index is -0.0802. The van der Waals surface area contributed by atoms with Crippen LogP contribution in [0.5, 0.6) is 11.5 Å². The van der Waals surface area contributed by atoms with E-state index in [9.17, 15) is 4.79 Å². The van der Waals surface area contributed by atoms with E-state index < -0.39 is 0 Å². The van der Waals surface area contributed by atoms with Crippen molar-refractivity contribution in [3.8, 4) is 11.5 Å². The molecular weight excluding hydrogens is 306 g/mol. The van der Waals surface area contributed by atoms with Crippen LogP contribution >= 0.6 is 0 Å². The Morgan fingerprint density at radius 3 is 2.92 bits per heavy atom. The first-order valence-electron chi connectivity index (χ1n) is 7.89. The average molecular weight is 323 g/mol. The molecule has 1 aliphatic rings. The number of aromatic amines is 1. The van der Waals surface area contributed by atoms with Crippen LogP contribution in [0.4, 0.5) is 5.69 Å². The second kappa shape index (κ2) is 6.23. The third kappa shape index (κ3) is 3.03. The van der Waals surface area contributed by atoms with Gasteiger partial charge in [-0.25, -0.2) is 0 Å². The van der Waals surface area contributed by atoms with Crippen LogP contribution in [0.1, 0.15) is 12.0 Å². The lowest BCUT2D eigenvalue weighted by molar-refractivity contribution is -0.115. The van der Waals surface area contributed by atoms with E-state index in [1.807, 2.05) is 36.4 Å². The van der Waals surface area contributed by atoms with Gasteiger partial charge >= 0.3 is 0 Å². The number of amides is 1. The number of nitrogens with zero attached hydrogens (tertiary/aromatic N) is 1. The van der Waals surface area contributed by atoms with E-state index in [-0.39, 0.29) is 12.3 Å². The van der Waals surface area contributed by atoms with Crippen LogP contribution in [0.2, 0.25) is 0 Å². The van der Waals surface area contributed by atoms with Crippen molar-refractivity contribution >= 4 is 22.5 Å². The Morgan fingerprint density at radius 1 is 1.12 bits per heavy atom. The topological polar surface area (TPSA) is 76.2 Å². The summed E-state index contributed by atoms with van der Waals surface area (Å²) in [4.78, 5) is 12.3. The fourth-order valence-electron chi connectivity index (χ4n) is 2.72. The summed E-state index contributed by atoms with van der Waals surface area (Å²) in [6, 6.07) is 11.3. The third-order valence-electron chi connectivity index (χ3n) is 3.90. The summed E-state index contributed by atoms with van der Waals surface area (Å²) in [5.41, 5.74) is 2.52. The molecule has 1 aliphatic heterocycles. The lowest BCUT2D eigenvalue weighted by atomic mass is 10.1. The van der Waals surface area contributed by atoms with Crippen molar-refractivity contribution in [2.24, 2.45) is 0 Å². The highest BCUT2D eigenvalue weighted by Crippen LogP contribution is 2.30. The van der Waals surface area contributed by atoms with E-state index in [4.69, 9.17) is 9.47 Å². The smallest absolute Gasteiger partial charge is 0.228 e. The molecule has 1 aromatic heterocycles. The van der Waals surface area contributed by atoms with E-state index in [1.165, 1.54) is 0 Å². The fourth-order valence-corrected chi connectivity index (χ4v) is 2.72. The van der Waals surface area contributed by atoms with Crippen LogP contribution in [0.3, 0.4) is 0 Å². The summed E-state index contributed by atoms with van der Waals surface area (Å²) < 4.78 is 11.3. The minimum Gasteiger partial charge on any atom is -0.490 e. The van der Waals surface area contributed by atoms with Gasteiger partial charge in [0.1, 0.15) is 0 Å². The molecule has 0 aliphatic carbocycles. The number of H-pyrrole nitrogens is 1. The van der Waals surface area contributed by atoms with Crippen molar-refractivity contribution < 1.29 is 14.3 Å². The van der Waals surface area contributed by atoms with Crippen molar-refractivity contribution in [2.75, 3.05) is 18.5 Å². The van der Waals surface area contributed by atoms with Crippen LogP contribution in [0.15, 0.2) is 42.6 Å². The molecule has 4 rings (SSSR count). The number of hydrogen-bond acceptors (Lipinski definition) is 4. The van der Waals surface area contributed by atoms with Gasteiger partial charge in [0.25, 0.3) is 0 Å². The molecule has 0 saturated heterocycles. The second-order valence-electron chi connectivity index (χ2n) is 5.73. The SMILES string of the molecule is O=C(Cc1ccc2c(c1)OCCCO2)Nc1ccc2cn[nH]c2c1. The summed E-state index contributed by atoms with van der Waals surface area (Å²) in [6.45, 7) is 1.29. The van der Waals surface area contributed by atoms with Gasteiger partial charge in [-0.2, -0.15) is 5.10 Å². The van der Waals surface area contributed by atoms with E-state index in [0.717, 1.165) is 34.3 Å². The summed E-state index contributed by atoms with van der Waals surface area (Å²) in [7, 11) is 0. The predicted octanol–water partition coefficient (Wildman–Crippen LogP) is 2.91. The molecule has 0 spiro atoms. The molecule has 3 aromatic rings. The Labute approximate surface area is 138 Å². The zero-order valence-corrected chi connectivity index (χ0v) is 13.0. The highest BCUT2D eigenvalue weighted by Gasteiger charge is 2.12. The minimum absolute atomic E-state index is 0.0802. The first-order chi connectivity index (χ1) is 11.8. The zero-order chi connectivity index (χ0) is 16.4. The summed E-state index contributed by atoms with van der Waals surface area (Å²) in [5, 5.41) is 10.8. The molecule has 2 N–H and O–H groups in total. The summed E-state index contributed by atoms with van der Waals surface area (Å²) in [6.07, 6.45) is 2.89. The van der Waals surface area contributed by atoms with Crippen molar-refractivity contribution in [1.82, 2.24) is 10.2 Å². The molecule has 24 heavy (non-hydrogen) atoms. The Hall–Kier alpha value is -3.02. The number of nitrogens with one attached hydrogen (secondary N) is 2. The molecular formula is C18H17N3O3. The Morgan fingerprint density at radius 2 is 2.00 bits per heavy atom. The molecule has 0 fully saturated rings. The van der Waals surface area contributed by atoms with Crippen LogP contribution in [-0.4, -0.2) is 29.3 Å². The van der Waals surface area contributed by atoms with E-state index in [0.29, 0.717) is 19.0 Å². The van der Waals surface area contributed by atoms with Gasteiger partial charge in [-0.05, 0) is 35.9 Å². The molecule has 0 atom stereocenters. The standard InChI is InChI=1S/C18H17N3O3/c22-18(20-14-4-3-13-11-19-21-15(13)10-14)9-12-2-5-16-17(8-12)24-7-1-6-23-16/h2-5,8,10-11H,1,6-7,9H2,(H,19,21)(H,20,22). The largest absolute Gasteiger partial charge is 0.490 e. The molecule has 2 aromatic carbocycles. The van der Waals surface area contributed by atoms with Crippen molar-refractivity contribution in [2.45, 2.75) is 12.8 Å². The molecule has 6 heteroatoms. The first kappa shape index (κ1) is 14.6. The molecule has 1 amide bonds. The number of benzene rings is 2. The molecule has 2 heterocycles. The number of aromatic nitrogens is 2. The maximum Gasteiger partial charge on any atom is 0.228 e. The number of rotatable bonds is 3. The maximum absolute atomic E-state index is 12.3. The number of anilines is 1. The second-order valence-corrected chi connectivity index (χ2v) is 5.73. The van der Waals surface area contributed by atoms with Gasteiger partial charge in [0.2, 0.25) is 5.91 Å². The van der Waals surface area contributed by atoms with Crippen LogP contribution in [0, 0.1) is 0 Å². The first-order valence-corrected chi connectivity index (χ1v) is 7.89. The number of ether oxygens (including phenoxy) is 2. The highest BCUT2D eigenvalue weighted by atomic mass is 16.5. The molecule has 6 nitrogen and oxygen atoms in total. The maximum atomic E-state index is 12.3. The third-order valence-corrected chi connectivity index (χ3v) is 3.90. The van der Waals surface area contributed by atoms with Crippen molar-refractivity contribution in [1.29, 1.82) is 0 Å².